The van der Waals surface area contributed by atoms with Gasteiger partial charge in [-0.2, -0.15) is 0 Å². The molecule has 0 aromatic heterocycles. The Balaban J connectivity index is 0.00000242. The Morgan fingerprint density at radius 1 is 1.41 bits per heavy atom. The number of halogens is 1. The number of aryl methyl sites for hydroxylation is 1. The molecule has 0 spiro atoms. The molecule has 0 bridgehead atoms. The van der Waals surface area contributed by atoms with Crippen LogP contribution in [0.4, 0.5) is 0 Å². The second-order valence-corrected chi connectivity index (χ2v) is 5.86. The summed E-state index contributed by atoms with van der Waals surface area (Å²) in [5.74, 6) is 1.05. The molecule has 1 aromatic rings. The zero-order valence-corrected chi connectivity index (χ0v) is 14.2. The van der Waals surface area contributed by atoms with E-state index in [9.17, 15) is 4.79 Å². The molecule has 2 unspecified atom stereocenters. The number of carbonyl (C=O) groups excluding carboxylic acids is 1. The van der Waals surface area contributed by atoms with E-state index in [2.05, 4.69) is 17.6 Å². The van der Waals surface area contributed by atoms with Gasteiger partial charge in [0.2, 0.25) is 5.91 Å². The van der Waals surface area contributed by atoms with Crippen molar-refractivity contribution in [2.24, 2.45) is 0 Å². The van der Waals surface area contributed by atoms with Crippen molar-refractivity contribution in [2.45, 2.75) is 51.6 Å². The van der Waals surface area contributed by atoms with Crippen molar-refractivity contribution in [3.05, 3.63) is 29.8 Å². The third-order valence-corrected chi connectivity index (χ3v) is 3.89. The van der Waals surface area contributed by atoms with Gasteiger partial charge >= 0.3 is 0 Å². The molecular formula is C17H27ClN2O2. The summed E-state index contributed by atoms with van der Waals surface area (Å²) in [7, 11) is 0. The molecule has 0 saturated carbocycles. The van der Waals surface area contributed by atoms with E-state index in [1.165, 1.54) is 0 Å². The second-order valence-electron chi connectivity index (χ2n) is 5.86. The zero-order valence-electron chi connectivity index (χ0n) is 13.4. The lowest BCUT2D eigenvalue weighted by Gasteiger charge is -2.28. The monoisotopic (exact) mass is 326 g/mol. The maximum Gasteiger partial charge on any atom is 0.220 e. The SMILES string of the molecule is Cc1ccccc1OCCCC(=O)NC1CCNC(C)C1.Cl. The van der Waals surface area contributed by atoms with Gasteiger partial charge in [0.25, 0.3) is 0 Å². The van der Waals surface area contributed by atoms with Gasteiger partial charge in [-0.1, -0.05) is 18.2 Å². The van der Waals surface area contributed by atoms with E-state index in [1.807, 2.05) is 31.2 Å². The molecule has 4 nitrogen and oxygen atoms in total. The Morgan fingerprint density at radius 3 is 2.91 bits per heavy atom. The number of ether oxygens (including phenoxy) is 1. The summed E-state index contributed by atoms with van der Waals surface area (Å²) in [6.45, 7) is 5.76. The van der Waals surface area contributed by atoms with Crippen LogP contribution >= 0.6 is 12.4 Å². The summed E-state index contributed by atoms with van der Waals surface area (Å²) < 4.78 is 5.70. The van der Waals surface area contributed by atoms with Crippen molar-refractivity contribution in [1.82, 2.24) is 10.6 Å². The molecule has 2 rings (SSSR count). The minimum atomic E-state index is 0. The number of hydrogen-bond acceptors (Lipinski definition) is 3. The van der Waals surface area contributed by atoms with Crippen molar-refractivity contribution in [3.63, 3.8) is 0 Å². The van der Waals surface area contributed by atoms with Crippen LogP contribution in [0.25, 0.3) is 0 Å². The van der Waals surface area contributed by atoms with Gasteiger partial charge in [0, 0.05) is 18.5 Å². The minimum absolute atomic E-state index is 0. The van der Waals surface area contributed by atoms with Crippen LogP contribution in [0, 0.1) is 6.92 Å². The number of carbonyl (C=O) groups is 1. The third-order valence-electron chi connectivity index (χ3n) is 3.89. The molecule has 2 N–H and O–H groups in total. The highest BCUT2D eigenvalue weighted by Gasteiger charge is 2.19. The number of para-hydroxylation sites is 1. The summed E-state index contributed by atoms with van der Waals surface area (Å²) in [6.07, 6.45) is 3.33. The molecule has 0 aliphatic carbocycles. The van der Waals surface area contributed by atoms with Gasteiger partial charge < -0.3 is 15.4 Å². The lowest BCUT2D eigenvalue weighted by Crippen LogP contribution is -2.46. The highest BCUT2D eigenvalue weighted by Crippen LogP contribution is 2.16. The summed E-state index contributed by atoms with van der Waals surface area (Å²) >= 11 is 0. The van der Waals surface area contributed by atoms with Crippen LogP contribution < -0.4 is 15.4 Å². The van der Waals surface area contributed by atoms with Crippen molar-refractivity contribution >= 4 is 18.3 Å². The van der Waals surface area contributed by atoms with E-state index >= 15 is 0 Å². The van der Waals surface area contributed by atoms with E-state index in [0.717, 1.165) is 37.1 Å². The van der Waals surface area contributed by atoms with E-state index in [0.29, 0.717) is 25.1 Å². The normalized spacial score (nSPS) is 20.8. The fraction of sp³-hybridized carbons (Fsp3) is 0.588. The third kappa shape index (κ3) is 6.24. The molecule has 1 saturated heterocycles. The molecule has 1 aliphatic rings. The first-order chi connectivity index (χ1) is 10.1. The fourth-order valence-electron chi connectivity index (χ4n) is 2.70. The summed E-state index contributed by atoms with van der Waals surface area (Å²) in [5, 5.41) is 6.51. The predicted octanol–water partition coefficient (Wildman–Crippen LogP) is 2.83. The molecule has 1 aromatic carbocycles. The zero-order chi connectivity index (χ0) is 15.1. The average molecular weight is 327 g/mol. The lowest BCUT2D eigenvalue weighted by atomic mass is 10.0. The topological polar surface area (TPSA) is 50.4 Å². The summed E-state index contributed by atoms with van der Waals surface area (Å²) in [6, 6.07) is 8.77. The van der Waals surface area contributed by atoms with E-state index in [-0.39, 0.29) is 18.3 Å². The van der Waals surface area contributed by atoms with Gasteiger partial charge in [0.05, 0.1) is 6.61 Å². The molecule has 1 amide bonds. The maximum absolute atomic E-state index is 11.9. The number of rotatable bonds is 6. The summed E-state index contributed by atoms with van der Waals surface area (Å²) in [5.41, 5.74) is 1.13. The highest BCUT2D eigenvalue weighted by atomic mass is 35.5. The molecule has 124 valence electrons. The standard InChI is InChI=1S/C17H26N2O2.ClH/c1-13-6-3-4-7-16(13)21-11-5-8-17(20)19-15-9-10-18-14(2)12-15;/h3-4,6-7,14-15,18H,5,8-12H2,1-2H3,(H,19,20);1H. The van der Waals surface area contributed by atoms with Crippen LogP contribution in [0.5, 0.6) is 5.75 Å². The van der Waals surface area contributed by atoms with Crippen molar-refractivity contribution in [1.29, 1.82) is 0 Å². The van der Waals surface area contributed by atoms with E-state index in [1.54, 1.807) is 0 Å². The van der Waals surface area contributed by atoms with Gasteiger partial charge in [-0.05, 0) is 51.3 Å². The molecule has 5 heteroatoms. The van der Waals surface area contributed by atoms with Crippen molar-refractivity contribution in [2.75, 3.05) is 13.2 Å². The van der Waals surface area contributed by atoms with Gasteiger partial charge in [-0.15, -0.1) is 12.4 Å². The van der Waals surface area contributed by atoms with Crippen LogP contribution in [0.15, 0.2) is 24.3 Å². The number of nitrogens with one attached hydrogen (secondary N) is 2. The smallest absolute Gasteiger partial charge is 0.220 e. The van der Waals surface area contributed by atoms with Gasteiger partial charge in [0.1, 0.15) is 5.75 Å². The van der Waals surface area contributed by atoms with E-state index in [4.69, 9.17) is 4.74 Å². The molecule has 2 atom stereocenters. The predicted molar refractivity (Wildman–Crippen MR) is 91.8 cm³/mol. The summed E-state index contributed by atoms with van der Waals surface area (Å²) in [4.78, 5) is 11.9. The Bertz CT molecular complexity index is 468. The van der Waals surface area contributed by atoms with Crippen molar-refractivity contribution in [3.8, 4) is 5.75 Å². The van der Waals surface area contributed by atoms with Crippen LogP contribution in [-0.2, 0) is 4.79 Å². The van der Waals surface area contributed by atoms with Crippen LogP contribution in [-0.4, -0.2) is 31.1 Å². The largest absolute Gasteiger partial charge is 0.493 e. The molecule has 1 fully saturated rings. The molecule has 1 heterocycles. The van der Waals surface area contributed by atoms with Gasteiger partial charge in [-0.25, -0.2) is 0 Å². The second kappa shape index (κ2) is 9.70. The Labute approximate surface area is 139 Å². The Morgan fingerprint density at radius 2 is 2.18 bits per heavy atom. The first kappa shape index (κ1) is 18.8. The number of amides is 1. The lowest BCUT2D eigenvalue weighted by molar-refractivity contribution is -0.122. The fourth-order valence-corrected chi connectivity index (χ4v) is 2.70. The van der Waals surface area contributed by atoms with Gasteiger partial charge in [0.15, 0.2) is 0 Å². The highest BCUT2D eigenvalue weighted by molar-refractivity contribution is 5.85. The maximum atomic E-state index is 11.9. The van der Waals surface area contributed by atoms with Gasteiger partial charge in [-0.3, -0.25) is 4.79 Å². The molecule has 1 aliphatic heterocycles. The Hall–Kier alpha value is -1.26. The first-order valence-corrected chi connectivity index (χ1v) is 7.86. The minimum Gasteiger partial charge on any atom is -0.493 e. The average Bonchev–Trinajstić information content (AvgIpc) is 2.45. The van der Waals surface area contributed by atoms with Crippen LogP contribution in [0.2, 0.25) is 0 Å². The van der Waals surface area contributed by atoms with Crippen LogP contribution in [0.1, 0.15) is 38.2 Å². The number of benzene rings is 1. The quantitative estimate of drug-likeness (QED) is 0.790. The molecule has 22 heavy (non-hydrogen) atoms. The Kier molecular flexibility index (Phi) is 8.28. The van der Waals surface area contributed by atoms with Crippen molar-refractivity contribution < 1.29 is 9.53 Å². The number of hydrogen-bond donors (Lipinski definition) is 2. The van der Waals surface area contributed by atoms with E-state index < -0.39 is 0 Å². The molecule has 0 radical (unpaired) electrons. The van der Waals surface area contributed by atoms with Crippen LogP contribution in [0.3, 0.4) is 0 Å². The first-order valence-electron chi connectivity index (χ1n) is 7.86. The molecular weight excluding hydrogens is 300 g/mol. The number of piperidine rings is 1.